The van der Waals surface area contributed by atoms with E-state index in [1.807, 2.05) is 36.6 Å². The van der Waals surface area contributed by atoms with Crippen molar-refractivity contribution in [3.8, 4) is 0 Å². The summed E-state index contributed by atoms with van der Waals surface area (Å²) >= 11 is 1.56. The van der Waals surface area contributed by atoms with Gasteiger partial charge in [0.05, 0.1) is 0 Å². The lowest BCUT2D eigenvalue weighted by Crippen LogP contribution is -2.52. The lowest BCUT2D eigenvalue weighted by Gasteiger charge is -2.25. The first-order chi connectivity index (χ1) is 13.7. The van der Waals surface area contributed by atoms with E-state index in [1.54, 1.807) is 39.5 Å². The van der Waals surface area contributed by atoms with Crippen LogP contribution in [-0.2, 0) is 25.7 Å². The van der Waals surface area contributed by atoms with Gasteiger partial charge in [-0.2, -0.15) is 11.8 Å². The molecule has 29 heavy (non-hydrogen) atoms. The summed E-state index contributed by atoms with van der Waals surface area (Å²) in [6.07, 6.45) is 2.03. The Bertz CT molecular complexity index is 661. The van der Waals surface area contributed by atoms with Crippen molar-refractivity contribution >= 4 is 29.7 Å². The molecule has 0 saturated heterocycles. The second kappa shape index (κ2) is 12.4. The van der Waals surface area contributed by atoms with Crippen molar-refractivity contribution in [2.75, 3.05) is 12.0 Å². The Balaban J connectivity index is 2.67. The van der Waals surface area contributed by atoms with Crippen molar-refractivity contribution in [1.82, 2.24) is 10.6 Å². The number of rotatable bonds is 10. The average molecular weight is 425 g/mol. The minimum Gasteiger partial charge on any atom is -0.458 e. The number of esters is 1. The van der Waals surface area contributed by atoms with Gasteiger partial charge < -0.3 is 20.1 Å². The van der Waals surface area contributed by atoms with Crippen molar-refractivity contribution in [1.29, 1.82) is 0 Å². The van der Waals surface area contributed by atoms with Crippen molar-refractivity contribution in [2.24, 2.45) is 0 Å². The van der Waals surface area contributed by atoms with E-state index in [9.17, 15) is 14.4 Å². The van der Waals surface area contributed by atoms with Gasteiger partial charge in [0.2, 0.25) is 5.91 Å². The predicted molar refractivity (Wildman–Crippen MR) is 115 cm³/mol. The summed E-state index contributed by atoms with van der Waals surface area (Å²) < 4.78 is 10.6. The van der Waals surface area contributed by atoms with Gasteiger partial charge in [0, 0.05) is 0 Å². The molecule has 8 heteroatoms. The van der Waals surface area contributed by atoms with E-state index in [1.165, 1.54) is 0 Å². The molecule has 0 heterocycles. The van der Waals surface area contributed by atoms with Crippen LogP contribution in [0, 0.1) is 0 Å². The van der Waals surface area contributed by atoms with E-state index < -0.39 is 35.7 Å². The Labute approximate surface area is 177 Å². The molecule has 0 aliphatic carbocycles. The highest BCUT2D eigenvalue weighted by Gasteiger charge is 2.29. The zero-order valence-corrected chi connectivity index (χ0v) is 18.6. The molecule has 0 spiro atoms. The Morgan fingerprint density at radius 2 is 1.72 bits per heavy atom. The van der Waals surface area contributed by atoms with Crippen LogP contribution in [0.2, 0.25) is 0 Å². The summed E-state index contributed by atoms with van der Waals surface area (Å²) in [4.78, 5) is 37.1. The van der Waals surface area contributed by atoms with Gasteiger partial charge in [-0.1, -0.05) is 37.3 Å². The highest BCUT2D eigenvalue weighted by atomic mass is 32.2. The first kappa shape index (κ1) is 24.8. The molecule has 162 valence electrons. The van der Waals surface area contributed by atoms with Gasteiger partial charge in [-0.15, -0.1) is 0 Å². The van der Waals surface area contributed by atoms with Crippen LogP contribution >= 0.6 is 11.8 Å². The number of alkyl carbamates (subject to hydrolysis) is 1. The number of carbonyl (C=O) groups is 3. The molecule has 1 aromatic rings. The van der Waals surface area contributed by atoms with Gasteiger partial charge in [-0.05, 0) is 51.2 Å². The summed E-state index contributed by atoms with van der Waals surface area (Å²) in [5, 5.41) is 5.28. The molecular formula is C21H32N2O5S. The van der Waals surface area contributed by atoms with Crippen LogP contribution in [0.15, 0.2) is 30.3 Å². The van der Waals surface area contributed by atoms with E-state index >= 15 is 0 Å². The molecule has 0 bridgehead atoms. The molecule has 0 saturated carbocycles. The molecule has 0 aliphatic rings. The van der Waals surface area contributed by atoms with Crippen molar-refractivity contribution in [3.63, 3.8) is 0 Å². The molecule has 1 rings (SSSR count). The fraction of sp³-hybridized carbons (Fsp3) is 0.571. The summed E-state index contributed by atoms with van der Waals surface area (Å²) in [5.74, 6) is -0.266. The van der Waals surface area contributed by atoms with Crippen LogP contribution in [0.4, 0.5) is 4.79 Å². The lowest BCUT2D eigenvalue weighted by atomic mass is 10.1. The molecule has 0 radical (unpaired) electrons. The van der Waals surface area contributed by atoms with Crippen LogP contribution < -0.4 is 10.6 Å². The normalized spacial score (nSPS) is 13.1. The topological polar surface area (TPSA) is 93.7 Å². The van der Waals surface area contributed by atoms with Crippen LogP contribution in [0.1, 0.15) is 46.1 Å². The van der Waals surface area contributed by atoms with Crippen molar-refractivity contribution in [2.45, 2.75) is 64.8 Å². The maximum atomic E-state index is 12.7. The maximum absolute atomic E-state index is 12.7. The standard InChI is InChI=1S/C21H32N2O5S/c1-6-16(19(25)28-21(2,3)4)22-18(24)17(12-13-29-5)23-20(26)27-14-15-10-8-7-9-11-15/h7-11,16-17H,6,12-14H2,1-5H3,(H,22,24)(H,23,26)/t16-,17-/m0/s1. The van der Waals surface area contributed by atoms with E-state index in [2.05, 4.69) is 10.6 Å². The summed E-state index contributed by atoms with van der Waals surface area (Å²) in [6, 6.07) is 7.69. The monoisotopic (exact) mass is 424 g/mol. The summed E-state index contributed by atoms with van der Waals surface area (Å²) in [7, 11) is 0. The number of hydrogen-bond donors (Lipinski definition) is 2. The largest absolute Gasteiger partial charge is 0.458 e. The molecule has 0 unspecified atom stereocenters. The average Bonchev–Trinajstić information content (AvgIpc) is 2.66. The van der Waals surface area contributed by atoms with E-state index in [0.29, 0.717) is 18.6 Å². The fourth-order valence-corrected chi connectivity index (χ4v) is 2.86. The number of benzene rings is 1. The molecule has 0 aromatic heterocycles. The van der Waals surface area contributed by atoms with E-state index in [0.717, 1.165) is 5.56 Å². The minimum atomic E-state index is -0.804. The predicted octanol–water partition coefficient (Wildman–Crippen LogP) is 3.27. The zero-order valence-electron chi connectivity index (χ0n) is 17.8. The van der Waals surface area contributed by atoms with E-state index in [4.69, 9.17) is 9.47 Å². The van der Waals surface area contributed by atoms with Crippen LogP contribution in [0.5, 0.6) is 0 Å². The molecule has 2 amide bonds. The van der Waals surface area contributed by atoms with Crippen LogP contribution in [0.3, 0.4) is 0 Å². The third-order valence-electron chi connectivity index (χ3n) is 3.85. The number of carbonyl (C=O) groups excluding carboxylic acids is 3. The quantitative estimate of drug-likeness (QED) is 0.560. The number of thioether (sulfide) groups is 1. The SMILES string of the molecule is CC[C@H](NC(=O)[C@H](CCSC)NC(=O)OCc1ccccc1)C(=O)OC(C)(C)C. The third-order valence-corrected chi connectivity index (χ3v) is 4.49. The highest BCUT2D eigenvalue weighted by Crippen LogP contribution is 2.10. The summed E-state index contributed by atoms with van der Waals surface area (Å²) in [6.45, 7) is 7.20. The second-order valence-corrected chi connectivity index (χ2v) is 8.53. The number of ether oxygens (including phenoxy) is 2. The van der Waals surface area contributed by atoms with Crippen LogP contribution in [-0.4, -0.2) is 47.7 Å². The van der Waals surface area contributed by atoms with Gasteiger partial charge in [-0.3, -0.25) is 4.79 Å². The molecule has 0 aliphatic heterocycles. The summed E-state index contributed by atoms with van der Waals surface area (Å²) in [5.41, 5.74) is 0.205. The van der Waals surface area contributed by atoms with Crippen molar-refractivity contribution < 1.29 is 23.9 Å². The first-order valence-corrected chi connectivity index (χ1v) is 11.0. The maximum Gasteiger partial charge on any atom is 0.408 e. The van der Waals surface area contributed by atoms with Gasteiger partial charge in [0.25, 0.3) is 0 Å². The Morgan fingerprint density at radius 3 is 2.28 bits per heavy atom. The van der Waals surface area contributed by atoms with Gasteiger partial charge in [-0.25, -0.2) is 9.59 Å². The lowest BCUT2D eigenvalue weighted by molar-refractivity contribution is -0.158. The highest BCUT2D eigenvalue weighted by molar-refractivity contribution is 7.98. The molecule has 7 nitrogen and oxygen atoms in total. The van der Waals surface area contributed by atoms with E-state index in [-0.39, 0.29) is 6.61 Å². The zero-order chi connectivity index (χ0) is 21.9. The third kappa shape index (κ3) is 10.2. The first-order valence-electron chi connectivity index (χ1n) is 9.65. The van der Waals surface area contributed by atoms with Gasteiger partial charge in [0.1, 0.15) is 24.3 Å². The Hall–Kier alpha value is -2.22. The van der Waals surface area contributed by atoms with Gasteiger partial charge >= 0.3 is 12.1 Å². The minimum absolute atomic E-state index is 0.110. The fourth-order valence-electron chi connectivity index (χ4n) is 2.38. The molecular weight excluding hydrogens is 392 g/mol. The second-order valence-electron chi connectivity index (χ2n) is 7.54. The Kier molecular flexibility index (Phi) is 10.6. The van der Waals surface area contributed by atoms with Crippen molar-refractivity contribution in [3.05, 3.63) is 35.9 Å². The number of amides is 2. The molecule has 2 atom stereocenters. The molecule has 2 N–H and O–H groups in total. The number of nitrogens with one attached hydrogen (secondary N) is 2. The smallest absolute Gasteiger partial charge is 0.408 e. The molecule has 1 aromatic carbocycles. The number of hydrogen-bond acceptors (Lipinski definition) is 6. The van der Waals surface area contributed by atoms with Crippen LogP contribution in [0.25, 0.3) is 0 Å². The van der Waals surface area contributed by atoms with Gasteiger partial charge in [0.15, 0.2) is 0 Å². The molecule has 0 fully saturated rings. The Morgan fingerprint density at radius 1 is 1.07 bits per heavy atom.